The van der Waals surface area contributed by atoms with Crippen molar-refractivity contribution in [2.75, 3.05) is 13.1 Å². The van der Waals surface area contributed by atoms with Crippen LogP contribution in [-0.4, -0.2) is 41.1 Å². The van der Waals surface area contributed by atoms with Crippen LogP contribution >= 0.6 is 0 Å². The molecule has 1 saturated carbocycles. The molecule has 1 aliphatic heterocycles. The van der Waals surface area contributed by atoms with Crippen molar-refractivity contribution in [2.45, 2.75) is 64.0 Å². The van der Waals surface area contributed by atoms with Gasteiger partial charge in [-0.3, -0.25) is 4.79 Å². The van der Waals surface area contributed by atoms with Crippen LogP contribution in [0.5, 0.6) is 0 Å². The molecule has 1 aliphatic carbocycles. The number of amides is 1. The zero-order valence-electron chi connectivity index (χ0n) is 12.1. The van der Waals surface area contributed by atoms with Gasteiger partial charge in [0.25, 0.3) is 0 Å². The third-order valence-corrected chi connectivity index (χ3v) is 4.87. The van der Waals surface area contributed by atoms with Crippen LogP contribution in [0.15, 0.2) is 0 Å². The van der Waals surface area contributed by atoms with Crippen molar-refractivity contribution in [2.24, 2.45) is 17.6 Å². The summed E-state index contributed by atoms with van der Waals surface area (Å²) in [5, 5.41) is 9.69. The van der Waals surface area contributed by atoms with E-state index in [-0.39, 0.29) is 17.9 Å². The Balaban J connectivity index is 1.69. The van der Waals surface area contributed by atoms with E-state index in [1.165, 1.54) is 12.8 Å². The van der Waals surface area contributed by atoms with Crippen LogP contribution in [0.2, 0.25) is 0 Å². The Labute approximate surface area is 116 Å². The van der Waals surface area contributed by atoms with E-state index >= 15 is 0 Å². The maximum Gasteiger partial charge on any atom is 0.222 e. The summed E-state index contributed by atoms with van der Waals surface area (Å²) < 4.78 is 0. The normalized spacial score (nSPS) is 36.3. The molecule has 0 aromatic heterocycles. The van der Waals surface area contributed by atoms with E-state index < -0.39 is 0 Å². The van der Waals surface area contributed by atoms with Crippen LogP contribution in [-0.2, 0) is 4.79 Å². The summed E-state index contributed by atoms with van der Waals surface area (Å²) in [6, 6.07) is 0.386. The summed E-state index contributed by atoms with van der Waals surface area (Å²) in [6.45, 7) is 3.46. The molecule has 1 amide bonds. The van der Waals surface area contributed by atoms with Gasteiger partial charge in [0.2, 0.25) is 5.91 Å². The highest BCUT2D eigenvalue weighted by atomic mass is 16.3. The first kappa shape index (κ1) is 14.8. The number of nitrogens with two attached hydrogens (primary N) is 1. The van der Waals surface area contributed by atoms with Crippen molar-refractivity contribution >= 4 is 5.91 Å². The zero-order chi connectivity index (χ0) is 13.8. The number of aliphatic hydroxyl groups is 1. The molecule has 4 nitrogen and oxygen atoms in total. The molecule has 0 spiro atoms. The van der Waals surface area contributed by atoms with Crippen molar-refractivity contribution in [3.05, 3.63) is 0 Å². The van der Waals surface area contributed by atoms with E-state index in [2.05, 4.69) is 0 Å². The Morgan fingerprint density at radius 2 is 1.95 bits per heavy atom. The minimum atomic E-state index is -0.233. The Kier molecular flexibility index (Phi) is 5.22. The average molecular weight is 268 g/mol. The van der Waals surface area contributed by atoms with E-state index in [1.54, 1.807) is 0 Å². The maximum atomic E-state index is 12.2. The van der Waals surface area contributed by atoms with Gasteiger partial charge >= 0.3 is 0 Å². The summed E-state index contributed by atoms with van der Waals surface area (Å²) in [4.78, 5) is 14.1. The average Bonchev–Trinajstić information content (AvgIpc) is 2.41. The first-order valence-corrected chi connectivity index (χ1v) is 7.77. The predicted molar refractivity (Wildman–Crippen MR) is 75.5 cm³/mol. The molecule has 2 atom stereocenters. The van der Waals surface area contributed by atoms with Crippen molar-refractivity contribution in [1.29, 1.82) is 0 Å². The lowest BCUT2D eigenvalue weighted by Gasteiger charge is -2.35. The summed E-state index contributed by atoms with van der Waals surface area (Å²) in [5.74, 6) is 1.18. The zero-order valence-corrected chi connectivity index (χ0v) is 12.1. The standard InChI is InChI=1S/C15H28N2O2/c1-11-10-17(9-8-14(11)18)15(19)7-4-12-2-5-13(16)6-3-12/h11-14,18H,2-10,16H2,1H3. The van der Waals surface area contributed by atoms with Gasteiger partial charge in [-0.1, -0.05) is 6.92 Å². The van der Waals surface area contributed by atoms with Crippen LogP contribution in [0.4, 0.5) is 0 Å². The van der Waals surface area contributed by atoms with E-state index in [1.807, 2.05) is 11.8 Å². The van der Waals surface area contributed by atoms with E-state index in [0.717, 1.165) is 38.8 Å². The molecule has 0 aromatic rings. The number of likely N-dealkylation sites (tertiary alicyclic amines) is 1. The van der Waals surface area contributed by atoms with Crippen molar-refractivity contribution in [3.63, 3.8) is 0 Å². The van der Waals surface area contributed by atoms with Crippen LogP contribution in [0.25, 0.3) is 0 Å². The number of hydrogen-bond acceptors (Lipinski definition) is 3. The minimum Gasteiger partial charge on any atom is -0.393 e. The molecule has 0 bridgehead atoms. The second-order valence-corrected chi connectivity index (χ2v) is 6.49. The van der Waals surface area contributed by atoms with Crippen molar-refractivity contribution in [1.82, 2.24) is 4.90 Å². The summed E-state index contributed by atoms with van der Waals surface area (Å²) >= 11 is 0. The molecule has 1 heterocycles. The fourth-order valence-electron chi connectivity index (χ4n) is 3.32. The van der Waals surface area contributed by atoms with Gasteiger partial charge in [-0.2, -0.15) is 0 Å². The van der Waals surface area contributed by atoms with Crippen LogP contribution in [0.1, 0.15) is 51.9 Å². The Morgan fingerprint density at radius 1 is 1.26 bits per heavy atom. The lowest BCUT2D eigenvalue weighted by Crippen LogP contribution is -2.45. The second kappa shape index (κ2) is 6.71. The Morgan fingerprint density at radius 3 is 2.58 bits per heavy atom. The van der Waals surface area contributed by atoms with Gasteiger partial charge in [-0.05, 0) is 50.4 Å². The number of nitrogens with zero attached hydrogens (tertiary/aromatic N) is 1. The van der Waals surface area contributed by atoms with Gasteiger partial charge in [0.15, 0.2) is 0 Å². The highest BCUT2D eigenvalue weighted by molar-refractivity contribution is 5.76. The molecule has 1 saturated heterocycles. The number of piperidine rings is 1. The Bertz CT molecular complexity index is 301. The van der Waals surface area contributed by atoms with Gasteiger partial charge in [0, 0.05) is 25.6 Å². The molecule has 3 N–H and O–H groups in total. The van der Waals surface area contributed by atoms with Crippen LogP contribution < -0.4 is 5.73 Å². The third kappa shape index (κ3) is 4.18. The maximum absolute atomic E-state index is 12.2. The number of carbonyl (C=O) groups excluding carboxylic acids is 1. The molecule has 0 radical (unpaired) electrons. The van der Waals surface area contributed by atoms with E-state index in [4.69, 9.17) is 5.73 Å². The fraction of sp³-hybridized carbons (Fsp3) is 0.933. The number of carbonyl (C=O) groups is 1. The lowest BCUT2D eigenvalue weighted by atomic mass is 9.83. The monoisotopic (exact) mass is 268 g/mol. The summed E-state index contributed by atoms with van der Waals surface area (Å²) in [5.41, 5.74) is 5.90. The number of hydrogen-bond donors (Lipinski definition) is 2. The van der Waals surface area contributed by atoms with Crippen molar-refractivity contribution < 1.29 is 9.90 Å². The van der Waals surface area contributed by atoms with Gasteiger partial charge in [-0.25, -0.2) is 0 Å². The van der Waals surface area contributed by atoms with Gasteiger partial charge in [-0.15, -0.1) is 0 Å². The Hall–Kier alpha value is -0.610. The van der Waals surface area contributed by atoms with Crippen molar-refractivity contribution in [3.8, 4) is 0 Å². The van der Waals surface area contributed by atoms with Gasteiger partial charge in [0.05, 0.1) is 6.10 Å². The quantitative estimate of drug-likeness (QED) is 0.815. The van der Waals surface area contributed by atoms with Gasteiger partial charge in [0.1, 0.15) is 0 Å². The fourth-order valence-corrected chi connectivity index (χ4v) is 3.32. The second-order valence-electron chi connectivity index (χ2n) is 6.49. The molecule has 19 heavy (non-hydrogen) atoms. The molecule has 0 aromatic carbocycles. The lowest BCUT2D eigenvalue weighted by molar-refractivity contribution is -0.135. The van der Waals surface area contributed by atoms with E-state index in [9.17, 15) is 9.90 Å². The highest BCUT2D eigenvalue weighted by Gasteiger charge is 2.27. The number of aliphatic hydroxyl groups excluding tert-OH is 1. The van der Waals surface area contributed by atoms with Crippen LogP contribution in [0.3, 0.4) is 0 Å². The first-order valence-electron chi connectivity index (χ1n) is 7.77. The SMILES string of the molecule is CC1CN(C(=O)CCC2CCC(N)CC2)CCC1O. The molecular formula is C15H28N2O2. The molecular weight excluding hydrogens is 240 g/mol. The molecule has 2 aliphatic rings. The summed E-state index contributed by atoms with van der Waals surface area (Å²) in [6.07, 6.45) is 6.78. The van der Waals surface area contributed by atoms with Gasteiger partial charge < -0.3 is 15.7 Å². The molecule has 2 rings (SSSR count). The summed E-state index contributed by atoms with van der Waals surface area (Å²) in [7, 11) is 0. The van der Waals surface area contributed by atoms with E-state index in [0.29, 0.717) is 18.4 Å². The van der Waals surface area contributed by atoms with Crippen LogP contribution in [0, 0.1) is 11.8 Å². The smallest absolute Gasteiger partial charge is 0.222 e. The molecule has 110 valence electrons. The largest absolute Gasteiger partial charge is 0.393 e. The highest BCUT2D eigenvalue weighted by Crippen LogP contribution is 2.27. The molecule has 4 heteroatoms. The third-order valence-electron chi connectivity index (χ3n) is 4.87. The topological polar surface area (TPSA) is 66.6 Å². The predicted octanol–water partition coefficient (Wildman–Crippen LogP) is 1.51. The number of rotatable bonds is 3. The first-order chi connectivity index (χ1) is 9.06. The minimum absolute atomic E-state index is 0.213. The molecule has 2 fully saturated rings. The molecule has 2 unspecified atom stereocenters.